The summed E-state index contributed by atoms with van der Waals surface area (Å²) >= 11 is 0. The number of nitrogens with zero attached hydrogens (tertiary/aromatic N) is 1. The molecule has 0 amide bonds. The third-order valence-electron chi connectivity index (χ3n) is 0.867. The van der Waals surface area contributed by atoms with Crippen LogP contribution in [0.3, 0.4) is 0 Å². The molecule has 9 heavy (non-hydrogen) atoms. The predicted molar refractivity (Wildman–Crippen MR) is 30.1 cm³/mol. The maximum atomic E-state index is 4.98. The van der Waals surface area contributed by atoms with Crippen molar-refractivity contribution >= 4 is 6.40 Å². The van der Waals surface area contributed by atoms with Crippen molar-refractivity contribution in [3.63, 3.8) is 0 Å². The molecule has 0 aliphatic carbocycles. The van der Waals surface area contributed by atoms with Crippen molar-refractivity contribution in [2.24, 2.45) is 0 Å². The smallest absolute Gasteiger partial charge is 0.327 e. The molecule has 0 N–H and O–H groups in total. The van der Waals surface area contributed by atoms with E-state index in [0.29, 0.717) is 13.5 Å². The topological polar surface area (TPSA) is 30.7 Å². The van der Waals surface area contributed by atoms with Gasteiger partial charge in [-0.3, -0.25) is 4.74 Å². The summed E-state index contributed by atoms with van der Waals surface area (Å²) in [5, 5.41) is 0. The summed E-state index contributed by atoms with van der Waals surface area (Å²) in [5.41, 5.74) is 0. The first kappa shape index (κ1) is 6.51. The van der Waals surface area contributed by atoms with Crippen molar-refractivity contribution in [1.29, 1.82) is 0 Å². The molecule has 0 unspecified atom stereocenters. The summed E-state index contributed by atoms with van der Waals surface area (Å²) < 4.78 is 16.5. The maximum Gasteiger partial charge on any atom is 0.327 e. The van der Waals surface area contributed by atoms with Gasteiger partial charge in [0.25, 0.3) is 6.73 Å². The fourth-order valence-electron chi connectivity index (χ4n) is 0.510. The van der Waals surface area contributed by atoms with Crippen molar-refractivity contribution in [2.45, 2.75) is 0 Å². The van der Waals surface area contributed by atoms with E-state index in [1.807, 2.05) is 7.05 Å². The van der Waals surface area contributed by atoms with Crippen molar-refractivity contribution < 1.29 is 18.8 Å². The molecule has 1 heterocycles. The fourth-order valence-corrected chi connectivity index (χ4v) is 0.510. The fraction of sp³-hybridized carbons (Fsp3) is 0.800. The standard InChI is InChI=1S/C5H10NO3/c1-6-2-7-4-9-5-8-3-6/h2H,3-5H2,1H3/q+1. The van der Waals surface area contributed by atoms with Crippen molar-refractivity contribution in [2.75, 3.05) is 27.4 Å². The summed E-state index contributed by atoms with van der Waals surface area (Å²) in [6.07, 6.45) is 1.57. The summed E-state index contributed by atoms with van der Waals surface area (Å²) in [5.74, 6) is 0. The Morgan fingerprint density at radius 2 is 2.22 bits per heavy atom. The molecule has 0 fully saturated rings. The minimum atomic E-state index is 0.268. The molecule has 1 aliphatic rings. The highest BCUT2D eigenvalue weighted by Gasteiger charge is 1.99. The Morgan fingerprint density at radius 3 is 3.11 bits per heavy atom. The number of hydrogen-bond donors (Lipinski definition) is 0. The van der Waals surface area contributed by atoms with Crippen molar-refractivity contribution in [1.82, 2.24) is 0 Å². The normalized spacial score (nSPS) is 21.2. The van der Waals surface area contributed by atoms with E-state index in [1.54, 1.807) is 11.0 Å². The van der Waals surface area contributed by atoms with E-state index in [1.165, 1.54) is 0 Å². The second kappa shape index (κ2) is 3.42. The maximum absolute atomic E-state index is 4.98. The van der Waals surface area contributed by atoms with E-state index in [0.717, 1.165) is 0 Å². The van der Waals surface area contributed by atoms with Gasteiger partial charge in [0.05, 0.1) is 0 Å². The Hall–Kier alpha value is -0.610. The molecule has 0 aromatic heterocycles. The molecule has 0 spiro atoms. The molecule has 0 bridgehead atoms. The van der Waals surface area contributed by atoms with Crippen LogP contribution in [0.25, 0.3) is 0 Å². The lowest BCUT2D eigenvalue weighted by Gasteiger charge is -2.05. The van der Waals surface area contributed by atoms with Gasteiger partial charge in [-0.1, -0.05) is 0 Å². The largest absolute Gasteiger partial charge is 0.423 e. The van der Waals surface area contributed by atoms with Crippen LogP contribution in [0.15, 0.2) is 0 Å². The van der Waals surface area contributed by atoms with Crippen LogP contribution in [-0.2, 0) is 14.2 Å². The van der Waals surface area contributed by atoms with Gasteiger partial charge in [-0.05, 0) is 0 Å². The Kier molecular flexibility index (Phi) is 2.48. The minimum absolute atomic E-state index is 0.268. The van der Waals surface area contributed by atoms with Gasteiger partial charge in [-0.25, -0.2) is 0 Å². The lowest BCUT2D eigenvalue weighted by Crippen LogP contribution is -2.19. The Balaban J connectivity index is 2.32. The molecular weight excluding hydrogens is 122 g/mol. The zero-order valence-corrected chi connectivity index (χ0v) is 5.37. The van der Waals surface area contributed by atoms with E-state index in [2.05, 4.69) is 0 Å². The first-order valence-corrected chi connectivity index (χ1v) is 2.70. The molecule has 52 valence electrons. The van der Waals surface area contributed by atoms with E-state index in [4.69, 9.17) is 14.2 Å². The number of hydrogen-bond acceptors (Lipinski definition) is 3. The summed E-state index contributed by atoms with van der Waals surface area (Å²) in [4.78, 5) is 0. The second-order valence-electron chi connectivity index (χ2n) is 1.80. The summed E-state index contributed by atoms with van der Waals surface area (Å²) in [7, 11) is 1.87. The minimum Gasteiger partial charge on any atom is -0.423 e. The van der Waals surface area contributed by atoms with Crippen molar-refractivity contribution in [3.8, 4) is 0 Å². The van der Waals surface area contributed by atoms with Gasteiger partial charge in [-0.2, -0.15) is 4.58 Å². The quantitative estimate of drug-likeness (QED) is 0.420. The van der Waals surface area contributed by atoms with E-state index < -0.39 is 0 Å². The van der Waals surface area contributed by atoms with Gasteiger partial charge in [0.2, 0.25) is 0 Å². The lowest BCUT2D eigenvalue weighted by molar-refractivity contribution is -0.553. The first-order chi connectivity index (χ1) is 4.39. The Bertz CT molecular complexity index is 113. The van der Waals surface area contributed by atoms with Gasteiger partial charge in [0.1, 0.15) is 7.05 Å². The molecule has 4 heteroatoms. The zero-order chi connectivity index (χ0) is 6.53. The molecule has 0 saturated heterocycles. The van der Waals surface area contributed by atoms with Crippen LogP contribution in [0, 0.1) is 0 Å². The molecule has 1 rings (SSSR count). The lowest BCUT2D eigenvalue weighted by atomic mass is 11.0. The average molecular weight is 132 g/mol. The molecule has 1 aliphatic heterocycles. The highest BCUT2D eigenvalue weighted by Crippen LogP contribution is 1.83. The molecule has 0 aromatic carbocycles. The van der Waals surface area contributed by atoms with Crippen molar-refractivity contribution in [3.05, 3.63) is 0 Å². The molecule has 0 atom stereocenters. The highest BCUT2D eigenvalue weighted by atomic mass is 16.7. The molecule has 0 aromatic rings. The highest BCUT2D eigenvalue weighted by molar-refractivity contribution is 5.38. The van der Waals surface area contributed by atoms with E-state index in [9.17, 15) is 0 Å². The van der Waals surface area contributed by atoms with E-state index in [-0.39, 0.29) is 6.79 Å². The Labute approximate surface area is 53.6 Å². The third-order valence-corrected chi connectivity index (χ3v) is 0.867. The molecule has 0 radical (unpaired) electrons. The number of rotatable bonds is 0. The predicted octanol–water partition coefficient (Wildman–Crippen LogP) is -0.407. The van der Waals surface area contributed by atoms with Gasteiger partial charge < -0.3 is 9.47 Å². The van der Waals surface area contributed by atoms with Crippen LogP contribution < -0.4 is 0 Å². The van der Waals surface area contributed by atoms with Crippen LogP contribution in [-0.4, -0.2) is 38.3 Å². The van der Waals surface area contributed by atoms with Crippen LogP contribution in [0.5, 0.6) is 0 Å². The van der Waals surface area contributed by atoms with E-state index >= 15 is 0 Å². The Morgan fingerprint density at radius 1 is 1.33 bits per heavy atom. The summed E-state index contributed by atoms with van der Waals surface area (Å²) in [6, 6.07) is 0. The van der Waals surface area contributed by atoms with Crippen LogP contribution in [0.2, 0.25) is 0 Å². The monoisotopic (exact) mass is 132 g/mol. The SMILES string of the molecule is C[N+]1=COCOCOC1. The molecular formula is C5H10NO3+. The van der Waals surface area contributed by atoms with Crippen LogP contribution in [0.1, 0.15) is 0 Å². The summed E-state index contributed by atoms with van der Waals surface area (Å²) in [6.45, 7) is 1.09. The molecule has 0 saturated carbocycles. The molecule has 4 nitrogen and oxygen atoms in total. The van der Waals surface area contributed by atoms with Crippen LogP contribution >= 0.6 is 0 Å². The van der Waals surface area contributed by atoms with Gasteiger partial charge in [0.15, 0.2) is 13.6 Å². The van der Waals surface area contributed by atoms with Gasteiger partial charge >= 0.3 is 6.40 Å². The average Bonchev–Trinajstić information content (AvgIpc) is 1.79. The third kappa shape index (κ3) is 2.43. The first-order valence-electron chi connectivity index (χ1n) is 2.70. The zero-order valence-electron chi connectivity index (χ0n) is 5.37. The second-order valence-corrected chi connectivity index (χ2v) is 1.80. The number of ether oxygens (including phenoxy) is 3. The van der Waals surface area contributed by atoms with Crippen LogP contribution in [0.4, 0.5) is 0 Å². The van der Waals surface area contributed by atoms with Gasteiger partial charge in [-0.15, -0.1) is 0 Å². The van der Waals surface area contributed by atoms with Gasteiger partial charge in [0, 0.05) is 0 Å².